The lowest BCUT2D eigenvalue weighted by Crippen LogP contribution is -2.05. The van der Waals surface area contributed by atoms with Gasteiger partial charge < -0.3 is 9.47 Å². The summed E-state index contributed by atoms with van der Waals surface area (Å²) in [5.41, 5.74) is 4.91. The lowest BCUT2D eigenvalue weighted by molar-refractivity contribution is 0.254. The van der Waals surface area contributed by atoms with Crippen molar-refractivity contribution >= 4 is 15.9 Å². The van der Waals surface area contributed by atoms with E-state index >= 15 is 0 Å². The second-order valence-corrected chi connectivity index (χ2v) is 6.52. The molecular weight excluding hydrogens is 328 g/mol. The zero-order chi connectivity index (χ0) is 15.0. The number of methoxy groups -OCH3 is 1. The van der Waals surface area contributed by atoms with Crippen LogP contribution in [0.3, 0.4) is 0 Å². The van der Waals surface area contributed by atoms with E-state index in [-0.39, 0.29) is 10.9 Å². The number of aryl methyl sites for hydroxylation is 1. The van der Waals surface area contributed by atoms with Gasteiger partial charge in [-0.05, 0) is 37.1 Å². The van der Waals surface area contributed by atoms with Crippen LogP contribution in [0.1, 0.15) is 34.0 Å². The first-order chi connectivity index (χ1) is 10.1. The maximum atomic E-state index is 5.77. The molecule has 1 aliphatic heterocycles. The van der Waals surface area contributed by atoms with Gasteiger partial charge in [0.25, 0.3) is 0 Å². The van der Waals surface area contributed by atoms with Crippen LogP contribution < -0.4 is 9.47 Å². The van der Waals surface area contributed by atoms with Gasteiger partial charge in [-0.3, -0.25) is 0 Å². The van der Waals surface area contributed by atoms with Gasteiger partial charge in [0.1, 0.15) is 17.6 Å². The largest absolute Gasteiger partial charge is 0.496 e. The fraction of sp³-hybridized carbons (Fsp3) is 0.333. The SMILES string of the molecule is COc1ccc(C)cc1C(Br)c1ccc2c(c1)CC(C)O2. The third-order valence-electron chi connectivity index (χ3n) is 3.87. The Hall–Kier alpha value is -1.48. The summed E-state index contributed by atoms with van der Waals surface area (Å²) in [6.45, 7) is 4.20. The molecule has 2 aromatic rings. The number of fused-ring (bicyclic) bond motifs is 1. The highest BCUT2D eigenvalue weighted by molar-refractivity contribution is 9.09. The monoisotopic (exact) mass is 346 g/mol. The third-order valence-corrected chi connectivity index (χ3v) is 4.89. The number of rotatable bonds is 3. The smallest absolute Gasteiger partial charge is 0.123 e. The zero-order valence-corrected chi connectivity index (χ0v) is 14.1. The van der Waals surface area contributed by atoms with Gasteiger partial charge in [-0.15, -0.1) is 0 Å². The predicted molar refractivity (Wildman–Crippen MR) is 88.7 cm³/mol. The van der Waals surface area contributed by atoms with Gasteiger partial charge >= 0.3 is 0 Å². The first-order valence-electron chi connectivity index (χ1n) is 7.16. The second-order valence-electron chi connectivity index (χ2n) is 5.61. The molecular formula is C18H19BrO2. The molecule has 0 bridgehead atoms. The highest BCUT2D eigenvalue weighted by Gasteiger charge is 2.22. The Kier molecular flexibility index (Phi) is 3.94. The van der Waals surface area contributed by atoms with Gasteiger partial charge in [0, 0.05) is 12.0 Å². The molecule has 110 valence electrons. The molecule has 2 atom stereocenters. The average molecular weight is 347 g/mol. The van der Waals surface area contributed by atoms with Crippen LogP contribution in [0, 0.1) is 6.92 Å². The Morgan fingerprint density at radius 3 is 2.81 bits per heavy atom. The van der Waals surface area contributed by atoms with Crippen molar-refractivity contribution in [3.8, 4) is 11.5 Å². The highest BCUT2D eigenvalue weighted by Crippen LogP contribution is 2.39. The summed E-state index contributed by atoms with van der Waals surface area (Å²) >= 11 is 3.82. The van der Waals surface area contributed by atoms with Crippen molar-refractivity contribution in [3.63, 3.8) is 0 Å². The van der Waals surface area contributed by atoms with Crippen LogP contribution in [0.4, 0.5) is 0 Å². The fourth-order valence-electron chi connectivity index (χ4n) is 2.83. The Balaban J connectivity index is 1.98. The van der Waals surface area contributed by atoms with Gasteiger partial charge in [-0.2, -0.15) is 0 Å². The fourth-order valence-corrected chi connectivity index (χ4v) is 3.47. The maximum Gasteiger partial charge on any atom is 0.123 e. The Bertz CT molecular complexity index is 666. The van der Waals surface area contributed by atoms with Crippen molar-refractivity contribution in [1.29, 1.82) is 0 Å². The molecule has 21 heavy (non-hydrogen) atoms. The molecule has 0 saturated carbocycles. The van der Waals surface area contributed by atoms with Crippen LogP contribution in [-0.2, 0) is 6.42 Å². The number of benzene rings is 2. The van der Waals surface area contributed by atoms with E-state index in [2.05, 4.69) is 60.1 Å². The van der Waals surface area contributed by atoms with Gasteiger partial charge in [0.15, 0.2) is 0 Å². The number of hydrogen-bond donors (Lipinski definition) is 0. The van der Waals surface area contributed by atoms with Crippen LogP contribution in [-0.4, -0.2) is 13.2 Å². The van der Waals surface area contributed by atoms with Crippen molar-refractivity contribution in [2.24, 2.45) is 0 Å². The van der Waals surface area contributed by atoms with Crippen LogP contribution in [0.25, 0.3) is 0 Å². The van der Waals surface area contributed by atoms with Gasteiger partial charge in [0.05, 0.1) is 11.9 Å². The molecule has 3 rings (SSSR count). The van der Waals surface area contributed by atoms with Crippen molar-refractivity contribution in [2.45, 2.75) is 31.2 Å². The number of ether oxygens (including phenoxy) is 2. The molecule has 0 spiro atoms. The first-order valence-corrected chi connectivity index (χ1v) is 8.08. The minimum Gasteiger partial charge on any atom is -0.496 e. The van der Waals surface area contributed by atoms with E-state index in [0.717, 1.165) is 23.5 Å². The van der Waals surface area contributed by atoms with Crippen LogP contribution in [0.5, 0.6) is 11.5 Å². The molecule has 0 saturated heterocycles. The minimum absolute atomic E-state index is 0.119. The Labute approximate surface area is 134 Å². The Morgan fingerprint density at radius 2 is 2.05 bits per heavy atom. The summed E-state index contributed by atoms with van der Waals surface area (Å²) in [6.07, 6.45) is 1.26. The van der Waals surface area contributed by atoms with E-state index < -0.39 is 0 Å². The summed E-state index contributed by atoms with van der Waals surface area (Å²) < 4.78 is 11.3. The van der Waals surface area contributed by atoms with Crippen LogP contribution in [0.15, 0.2) is 36.4 Å². The molecule has 0 aliphatic carbocycles. The molecule has 2 nitrogen and oxygen atoms in total. The van der Waals surface area contributed by atoms with E-state index in [1.165, 1.54) is 16.7 Å². The minimum atomic E-state index is 0.119. The van der Waals surface area contributed by atoms with Crippen LogP contribution >= 0.6 is 15.9 Å². The Morgan fingerprint density at radius 1 is 1.24 bits per heavy atom. The van der Waals surface area contributed by atoms with Crippen molar-refractivity contribution in [1.82, 2.24) is 0 Å². The molecule has 2 unspecified atom stereocenters. The van der Waals surface area contributed by atoms with Gasteiger partial charge in [0.2, 0.25) is 0 Å². The number of hydrogen-bond acceptors (Lipinski definition) is 2. The maximum absolute atomic E-state index is 5.77. The molecule has 0 radical (unpaired) electrons. The molecule has 0 N–H and O–H groups in total. The zero-order valence-electron chi connectivity index (χ0n) is 12.5. The summed E-state index contributed by atoms with van der Waals surface area (Å²) in [5, 5.41) is 0. The standard InChI is InChI=1S/C18H19BrO2/c1-11-4-6-17(20-3)15(8-11)18(19)13-5-7-16-14(10-13)9-12(2)21-16/h4-8,10,12,18H,9H2,1-3H3. The first kappa shape index (κ1) is 14.5. The molecule has 3 heteroatoms. The van der Waals surface area contributed by atoms with E-state index in [1.807, 2.05) is 6.07 Å². The molecule has 2 aromatic carbocycles. The topological polar surface area (TPSA) is 18.5 Å². The molecule has 0 aromatic heterocycles. The van der Waals surface area contributed by atoms with E-state index in [4.69, 9.17) is 9.47 Å². The van der Waals surface area contributed by atoms with Crippen molar-refractivity contribution in [2.75, 3.05) is 7.11 Å². The van der Waals surface area contributed by atoms with E-state index in [0.29, 0.717) is 0 Å². The lowest BCUT2D eigenvalue weighted by atomic mass is 9.99. The summed E-state index contributed by atoms with van der Waals surface area (Å²) in [4.78, 5) is 0.119. The average Bonchev–Trinajstić information content (AvgIpc) is 2.85. The van der Waals surface area contributed by atoms with Crippen molar-refractivity contribution in [3.05, 3.63) is 58.7 Å². The van der Waals surface area contributed by atoms with Gasteiger partial charge in [-0.1, -0.05) is 45.8 Å². The molecule has 1 aliphatic rings. The third kappa shape index (κ3) is 2.80. The van der Waals surface area contributed by atoms with Crippen molar-refractivity contribution < 1.29 is 9.47 Å². The molecule has 1 heterocycles. The molecule has 0 fully saturated rings. The lowest BCUT2D eigenvalue weighted by Gasteiger charge is -2.16. The number of alkyl halides is 1. The second kappa shape index (κ2) is 5.72. The predicted octanol–water partition coefficient (Wildman–Crippen LogP) is 4.81. The van der Waals surface area contributed by atoms with Crippen LogP contribution in [0.2, 0.25) is 0 Å². The van der Waals surface area contributed by atoms with Gasteiger partial charge in [-0.25, -0.2) is 0 Å². The van der Waals surface area contributed by atoms with E-state index in [1.54, 1.807) is 7.11 Å². The quantitative estimate of drug-likeness (QED) is 0.742. The summed E-state index contributed by atoms with van der Waals surface area (Å²) in [6, 6.07) is 12.7. The summed E-state index contributed by atoms with van der Waals surface area (Å²) in [7, 11) is 1.71. The number of halogens is 1. The normalized spacial score (nSPS) is 18.0. The van der Waals surface area contributed by atoms with E-state index in [9.17, 15) is 0 Å². The molecule has 0 amide bonds. The summed E-state index contributed by atoms with van der Waals surface area (Å²) in [5.74, 6) is 1.93. The highest BCUT2D eigenvalue weighted by atomic mass is 79.9.